The number of benzene rings is 1. The molecule has 0 saturated carbocycles. The van der Waals surface area contributed by atoms with Crippen molar-refractivity contribution in [3.8, 4) is 0 Å². The van der Waals surface area contributed by atoms with Crippen LogP contribution < -0.4 is 16.4 Å². The molecule has 0 fully saturated rings. The van der Waals surface area contributed by atoms with Crippen molar-refractivity contribution in [2.45, 2.75) is 19.9 Å². The Morgan fingerprint density at radius 2 is 2.11 bits per heavy atom. The molecular formula is C12H16BrN3O2. The molecule has 0 aliphatic carbocycles. The number of halogens is 1. The van der Waals surface area contributed by atoms with Gasteiger partial charge in [-0.25, -0.2) is 0 Å². The summed E-state index contributed by atoms with van der Waals surface area (Å²) in [5, 5.41) is 5.17. The summed E-state index contributed by atoms with van der Waals surface area (Å²) in [5.41, 5.74) is 7.03. The SMILES string of the molecule is Cc1ccc(Br)cc1NC(=O)CNC(=O)[C@H](C)N. The lowest BCUT2D eigenvalue weighted by atomic mass is 10.2. The normalized spacial score (nSPS) is 11.8. The number of hydrogen-bond donors (Lipinski definition) is 3. The molecule has 0 aromatic heterocycles. The van der Waals surface area contributed by atoms with Gasteiger partial charge in [0.1, 0.15) is 0 Å². The molecule has 5 nitrogen and oxygen atoms in total. The van der Waals surface area contributed by atoms with Gasteiger partial charge in [0.2, 0.25) is 11.8 Å². The van der Waals surface area contributed by atoms with E-state index in [4.69, 9.17) is 5.73 Å². The molecule has 2 amide bonds. The summed E-state index contributed by atoms with van der Waals surface area (Å²) < 4.78 is 0.878. The summed E-state index contributed by atoms with van der Waals surface area (Å²) in [6.07, 6.45) is 0. The van der Waals surface area contributed by atoms with Gasteiger partial charge >= 0.3 is 0 Å². The van der Waals surface area contributed by atoms with Gasteiger partial charge in [0.15, 0.2) is 0 Å². The first kappa shape index (κ1) is 14.7. The van der Waals surface area contributed by atoms with E-state index in [0.717, 1.165) is 10.0 Å². The minimum atomic E-state index is -0.620. The van der Waals surface area contributed by atoms with Gasteiger partial charge in [-0.3, -0.25) is 9.59 Å². The summed E-state index contributed by atoms with van der Waals surface area (Å²) in [6.45, 7) is 3.36. The minimum Gasteiger partial charge on any atom is -0.346 e. The molecule has 18 heavy (non-hydrogen) atoms. The maximum atomic E-state index is 11.6. The quantitative estimate of drug-likeness (QED) is 0.780. The second-order valence-electron chi connectivity index (χ2n) is 4.01. The zero-order valence-electron chi connectivity index (χ0n) is 10.3. The Morgan fingerprint density at radius 3 is 2.72 bits per heavy atom. The zero-order valence-corrected chi connectivity index (χ0v) is 11.9. The lowest BCUT2D eigenvalue weighted by Gasteiger charge is -2.10. The number of aryl methyl sites for hydroxylation is 1. The van der Waals surface area contributed by atoms with Crippen LogP contribution in [-0.4, -0.2) is 24.4 Å². The molecule has 98 valence electrons. The number of amides is 2. The van der Waals surface area contributed by atoms with Gasteiger partial charge in [-0.15, -0.1) is 0 Å². The number of rotatable bonds is 4. The number of nitrogens with two attached hydrogens (primary N) is 1. The van der Waals surface area contributed by atoms with Crippen LogP contribution in [0, 0.1) is 6.92 Å². The molecule has 6 heteroatoms. The Balaban J connectivity index is 2.55. The predicted octanol–water partition coefficient (Wildman–Crippen LogP) is 1.16. The maximum absolute atomic E-state index is 11.6. The van der Waals surface area contributed by atoms with E-state index in [9.17, 15) is 9.59 Å². The average Bonchev–Trinajstić information content (AvgIpc) is 2.30. The molecule has 0 heterocycles. The zero-order chi connectivity index (χ0) is 13.7. The van der Waals surface area contributed by atoms with Crippen LogP contribution in [0.2, 0.25) is 0 Å². The fourth-order valence-electron chi connectivity index (χ4n) is 1.25. The third kappa shape index (κ3) is 4.46. The third-order valence-corrected chi connectivity index (χ3v) is 2.80. The van der Waals surface area contributed by atoms with Crippen LogP contribution in [0.5, 0.6) is 0 Å². The molecule has 0 saturated heterocycles. The predicted molar refractivity (Wildman–Crippen MR) is 74.2 cm³/mol. The van der Waals surface area contributed by atoms with Gasteiger partial charge in [0.25, 0.3) is 0 Å². The van der Waals surface area contributed by atoms with E-state index in [1.165, 1.54) is 0 Å². The van der Waals surface area contributed by atoms with Gasteiger partial charge in [-0.05, 0) is 31.5 Å². The average molecular weight is 314 g/mol. The molecule has 1 atom stereocenters. The number of anilines is 1. The molecule has 1 aromatic rings. The summed E-state index contributed by atoms with van der Waals surface area (Å²) >= 11 is 3.33. The summed E-state index contributed by atoms with van der Waals surface area (Å²) in [7, 11) is 0. The maximum Gasteiger partial charge on any atom is 0.243 e. The first-order chi connectivity index (χ1) is 8.40. The van der Waals surface area contributed by atoms with Crippen LogP contribution in [0.1, 0.15) is 12.5 Å². The topological polar surface area (TPSA) is 84.2 Å². The molecule has 1 aromatic carbocycles. The van der Waals surface area contributed by atoms with Crippen molar-refractivity contribution in [3.63, 3.8) is 0 Å². The van der Waals surface area contributed by atoms with Crippen LogP contribution in [0.15, 0.2) is 22.7 Å². The second-order valence-corrected chi connectivity index (χ2v) is 4.93. The minimum absolute atomic E-state index is 0.0909. The van der Waals surface area contributed by atoms with Crippen LogP contribution in [-0.2, 0) is 9.59 Å². The van der Waals surface area contributed by atoms with Crippen molar-refractivity contribution in [2.75, 3.05) is 11.9 Å². The van der Waals surface area contributed by atoms with Crippen molar-refractivity contribution in [3.05, 3.63) is 28.2 Å². The van der Waals surface area contributed by atoms with E-state index in [2.05, 4.69) is 26.6 Å². The van der Waals surface area contributed by atoms with Gasteiger partial charge in [-0.1, -0.05) is 22.0 Å². The molecule has 0 radical (unpaired) electrons. The summed E-state index contributed by atoms with van der Waals surface area (Å²) in [5.74, 6) is -0.638. The van der Waals surface area contributed by atoms with E-state index in [0.29, 0.717) is 5.69 Å². The second kappa shape index (κ2) is 6.51. The van der Waals surface area contributed by atoms with Gasteiger partial charge in [0, 0.05) is 10.2 Å². The van der Waals surface area contributed by atoms with Crippen LogP contribution in [0.4, 0.5) is 5.69 Å². The van der Waals surface area contributed by atoms with Crippen molar-refractivity contribution < 1.29 is 9.59 Å². The fourth-order valence-corrected chi connectivity index (χ4v) is 1.61. The lowest BCUT2D eigenvalue weighted by Crippen LogP contribution is -2.41. The standard InChI is InChI=1S/C12H16BrN3O2/c1-7-3-4-9(13)5-10(7)16-11(17)6-15-12(18)8(2)14/h3-5,8H,6,14H2,1-2H3,(H,15,18)(H,16,17)/t8-/m0/s1. The Labute approximate surface area is 114 Å². The van der Waals surface area contributed by atoms with E-state index in [1.54, 1.807) is 13.0 Å². The fraction of sp³-hybridized carbons (Fsp3) is 0.333. The Kier molecular flexibility index (Phi) is 5.30. The van der Waals surface area contributed by atoms with E-state index in [1.807, 2.05) is 19.1 Å². The molecule has 0 aliphatic rings. The third-order valence-electron chi connectivity index (χ3n) is 2.31. The highest BCUT2D eigenvalue weighted by Crippen LogP contribution is 2.20. The number of carbonyl (C=O) groups excluding carboxylic acids is 2. The highest BCUT2D eigenvalue weighted by atomic mass is 79.9. The van der Waals surface area contributed by atoms with Crippen molar-refractivity contribution in [1.82, 2.24) is 5.32 Å². The van der Waals surface area contributed by atoms with Gasteiger partial charge in [-0.2, -0.15) is 0 Å². The molecule has 0 bridgehead atoms. The molecular weight excluding hydrogens is 298 g/mol. The Morgan fingerprint density at radius 1 is 1.44 bits per heavy atom. The Hall–Kier alpha value is -1.40. The lowest BCUT2D eigenvalue weighted by molar-refractivity contribution is -0.124. The molecule has 1 rings (SSSR count). The number of nitrogens with one attached hydrogen (secondary N) is 2. The van der Waals surface area contributed by atoms with Crippen LogP contribution in [0.25, 0.3) is 0 Å². The van der Waals surface area contributed by atoms with Gasteiger partial charge in [0.05, 0.1) is 12.6 Å². The van der Waals surface area contributed by atoms with Crippen molar-refractivity contribution >= 4 is 33.4 Å². The largest absolute Gasteiger partial charge is 0.346 e. The van der Waals surface area contributed by atoms with Crippen LogP contribution in [0.3, 0.4) is 0 Å². The first-order valence-corrected chi connectivity index (χ1v) is 6.28. The number of carbonyl (C=O) groups is 2. The highest BCUT2D eigenvalue weighted by Gasteiger charge is 2.10. The highest BCUT2D eigenvalue weighted by molar-refractivity contribution is 9.10. The summed E-state index contributed by atoms with van der Waals surface area (Å²) in [6, 6.07) is 4.97. The van der Waals surface area contributed by atoms with Crippen molar-refractivity contribution in [1.29, 1.82) is 0 Å². The molecule has 0 aliphatic heterocycles. The Bertz CT molecular complexity index is 461. The van der Waals surface area contributed by atoms with E-state index in [-0.39, 0.29) is 18.4 Å². The van der Waals surface area contributed by atoms with Gasteiger partial charge < -0.3 is 16.4 Å². The summed E-state index contributed by atoms with van der Waals surface area (Å²) in [4.78, 5) is 22.8. The van der Waals surface area contributed by atoms with E-state index >= 15 is 0 Å². The van der Waals surface area contributed by atoms with Crippen molar-refractivity contribution in [2.24, 2.45) is 5.73 Å². The number of hydrogen-bond acceptors (Lipinski definition) is 3. The smallest absolute Gasteiger partial charge is 0.243 e. The van der Waals surface area contributed by atoms with Crippen LogP contribution >= 0.6 is 15.9 Å². The molecule has 0 unspecified atom stereocenters. The molecule has 4 N–H and O–H groups in total. The van der Waals surface area contributed by atoms with E-state index < -0.39 is 6.04 Å². The monoisotopic (exact) mass is 313 g/mol. The molecule has 0 spiro atoms. The first-order valence-electron chi connectivity index (χ1n) is 5.49.